The summed E-state index contributed by atoms with van der Waals surface area (Å²) in [4.78, 5) is 11.0. The zero-order chi connectivity index (χ0) is 10.1. The minimum absolute atomic E-state index is 0.102. The lowest BCUT2D eigenvalue weighted by molar-refractivity contribution is -0.139. The van der Waals surface area contributed by atoms with E-state index in [4.69, 9.17) is 5.11 Å². The van der Waals surface area contributed by atoms with Crippen molar-refractivity contribution in [3.63, 3.8) is 0 Å². The standard InChI is InChI=1S/C11H12O3/c12-9-6-8(9)10(11(13)14)7-4-2-1-3-5-7/h1-5,8-10,12H,6H2,(H,13,14). The van der Waals surface area contributed by atoms with Crippen molar-refractivity contribution in [1.29, 1.82) is 0 Å². The van der Waals surface area contributed by atoms with Gasteiger partial charge in [-0.3, -0.25) is 4.79 Å². The number of carboxylic acids is 1. The van der Waals surface area contributed by atoms with Gasteiger partial charge in [0, 0.05) is 5.92 Å². The van der Waals surface area contributed by atoms with Crippen LogP contribution >= 0.6 is 0 Å². The fourth-order valence-corrected chi connectivity index (χ4v) is 1.79. The quantitative estimate of drug-likeness (QED) is 0.757. The van der Waals surface area contributed by atoms with Gasteiger partial charge in [-0.1, -0.05) is 30.3 Å². The Hall–Kier alpha value is -1.35. The van der Waals surface area contributed by atoms with Gasteiger partial charge >= 0.3 is 5.97 Å². The van der Waals surface area contributed by atoms with Crippen molar-refractivity contribution in [2.75, 3.05) is 0 Å². The monoisotopic (exact) mass is 192 g/mol. The number of aliphatic carboxylic acids is 1. The molecule has 3 heteroatoms. The summed E-state index contributed by atoms with van der Waals surface area (Å²) in [6.45, 7) is 0. The van der Waals surface area contributed by atoms with Crippen LogP contribution in [0.15, 0.2) is 30.3 Å². The molecule has 3 unspecified atom stereocenters. The molecule has 14 heavy (non-hydrogen) atoms. The fourth-order valence-electron chi connectivity index (χ4n) is 1.79. The van der Waals surface area contributed by atoms with Gasteiger partial charge in [0.05, 0.1) is 12.0 Å². The van der Waals surface area contributed by atoms with Gasteiger partial charge in [-0.25, -0.2) is 0 Å². The van der Waals surface area contributed by atoms with E-state index in [1.54, 1.807) is 12.1 Å². The Morgan fingerprint density at radius 1 is 1.36 bits per heavy atom. The third kappa shape index (κ3) is 1.63. The molecule has 1 aliphatic carbocycles. The van der Waals surface area contributed by atoms with Crippen molar-refractivity contribution in [2.24, 2.45) is 5.92 Å². The SMILES string of the molecule is O=C(O)C(c1ccccc1)C1CC1O. The van der Waals surface area contributed by atoms with Crippen LogP contribution in [0.4, 0.5) is 0 Å². The van der Waals surface area contributed by atoms with Crippen LogP contribution in [-0.2, 0) is 4.79 Å². The van der Waals surface area contributed by atoms with E-state index in [0.29, 0.717) is 6.42 Å². The average Bonchev–Trinajstić information content (AvgIpc) is 2.84. The molecule has 0 aliphatic heterocycles. The molecule has 0 saturated heterocycles. The number of benzene rings is 1. The molecule has 0 amide bonds. The molecule has 2 N–H and O–H groups in total. The van der Waals surface area contributed by atoms with Crippen molar-refractivity contribution in [3.8, 4) is 0 Å². The van der Waals surface area contributed by atoms with Gasteiger partial charge in [-0.2, -0.15) is 0 Å². The van der Waals surface area contributed by atoms with Crippen molar-refractivity contribution in [3.05, 3.63) is 35.9 Å². The summed E-state index contributed by atoms with van der Waals surface area (Å²) in [7, 11) is 0. The van der Waals surface area contributed by atoms with Crippen LogP contribution < -0.4 is 0 Å². The molecule has 74 valence electrons. The summed E-state index contributed by atoms with van der Waals surface area (Å²) in [6.07, 6.45) is 0.169. The Balaban J connectivity index is 2.24. The number of hydrogen-bond donors (Lipinski definition) is 2. The Morgan fingerprint density at radius 3 is 2.36 bits per heavy atom. The highest BCUT2D eigenvalue weighted by Crippen LogP contribution is 2.42. The van der Waals surface area contributed by atoms with Gasteiger partial charge < -0.3 is 10.2 Å². The van der Waals surface area contributed by atoms with Gasteiger partial charge in [-0.15, -0.1) is 0 Å². The summed E-state index contributed by atoms with van der Waals surface area (Å²) in [5.41, 5.74) is 0.779. The minimum Gasteiger partial charge on any atom is -0.481 e. The molecule has 0 heterocycles. The molecule has 3 nitrogen and oxygen atoms in total. The van der Waals surface area contributed by atoms with Gasteiger partial charge in [0.1, 0.15) is 0 Å². The average molecular weight is 192 g/mol. The van der Waals surface area contributed by atoms with Crippen molar-refractivity contribution in [2.45, 2.75) is 18.4 Å². The summed E-state index contributed by atoms with van der Waals surface area (Å²) in [6, 6.07) is 9.08. The lowest BCUT2D eigenvalue weighted by Gasteiger charge is -2.10. The molecule has 0 spiro atoms. The number of aliphatic hydroxyl groups excluding tert-OH is 1. The molecule has 1 saturated carbocycles. The maximum atomic E-state index is 11.0. The molecule has 3 atom stereocenters. The first-order valence-electron chi connectivity index (χ1n) is 4.66. The number of carbonyl (C=O) groups is 1. The van der Waals surface area contributed by atoms with E-state index < -0.39 is 18.0 Å². The number of aliphatic hydroxyl groups is 1. The molecule has 0 bridgehead atoms. The molecule has 1 aliphatic rings. The van der Waals surface area contributed by atoms with Crippen LogP contribution in [-0.4, -0.2) is 22.3 Å². The smallest absolute Gasteiger partial charge is 0.311 e. The predicted octanol–water partition coefficient (Wildman–Crippen LogP) is 1.24. The van der Waals surface area contributed by atoms with Crippen LogP contribution in [0.25, 0.3) is 0 Å². The molecule has 0 radical (unpaired) electrons. The second kappa shape index (κ2) is 3.42. The molecular formula is C11H12O3. The minimum atomic E-state index is -0.849. The molecule has 1 fully saturated rings. The van der Waals surface area contributed by atoms with Crippen LogP contribution in [0.5, 0.6) is 0 Å². The Morgan fingerprint density at radius 2 is 1.93 bits per heavy atom. The van der Waals surface area contributed by atoms with E-state index in [1.807, 2.05) is 18.2 Å². The van der Waals surface area contributed by atoms with Gasteiger partial charge in [0.2, 0.25) is 0 Å². The predicted molar refractivity (Wildman–Crippen MR) is 50.9 cm³/mol. The lowest BCUT2D eigenvalue weighted by Crippen LogP contribution is -2.15. The highest BCUT2D eigenvalue weighted by atomic mass is 16.4. The van der Waals surface area contributed by atoms with Gasteiger partial charge in [0.15, 0.2) is 0 Å². The first-order chi connectivity index (χ1) is 6.70. The molecular weight excluding hydrogens is 180 g/mol. The zero-order valence-corrected chi connectivity index (χ0v) is 7.63. The van der Waals surface area contributed by atoms with Crippen molar-refractivity contribution < 1.29 is 15.0 Å². The van der Waals surface area contributed by atoms with E-state index in [9.17, 15) is 9.90 Å². The number of rotatable bonds is 3. The normalized spacial score (nSPS) is 26.9. The third-order valence-electron chi connectivity index (χ3n) is 2.66. The maximum absolute atomic E-state index is 11.0. The highest BCUT2D eigenvalue weighted by Gasteiger charge is 2.45. The van der Waals surface area contributed by atoms with E-state index >= 15 is 0 Å². The summed E-state index contributed by atoms with van der Waals surface area (Å²) in [5, 5.41) is 18.3. The van der Waals surface area contributed by atoms with E-state index in [0.717, 1.165) is 5.56 Å². The topological polar surface area (TPSA) is 57.5 Å². The molecule has 1 aromatic carbocycles. The summed E-state index contributed by atoms with van der Waals surface area (Å²) in [5.74, 6) is -1.50. The highest BCUT2D eigenvalue weighted by molar-refractivity contribution is 5.77. The lowest BCUT2D eigenvalue weighted by atomic mass is 9.94. The van der Waals surface area contributed by atoms with Crippen molar-refractivity contribution in [1.82, 2.24) is 0 Å². The Kier molecular flexibility index (Phi) is 2.25. The summed E-state index contributed by atoms with van der Waals surface area (Å²) < 4.78 is 0. The van der Waals surface area contributed by atoms with E-state index in [2.05, 4.69) is 0 Å². The fraction of sp³-hybridized carbons (Fsp3) is 0.364. The zero-order valence-electron chi connectivity index (χ0n) is 7.63. The van der Waals surface area contributed by atoms with Gasteiger partial charge in [0.25, 0.3) is 0 Å². The first kappa shape index (κ1) is 9.21. The second-order valence-electron chi connectivity index (χ2n) is 3.69. The van der Waals surface area contributed by atoms with Crippen LogP contribution in [0.2, 0.25) is 0 Å². The number of hydrogen-bond acceptors (Lipinski definition) is 2. The van der Waals surface area contributed by atoms with Gasteiger partial charge in [-0.05, 0) is 12.0 Å². The van der Waals surface area contributed by atoms with Crippen LogP contribution in [0.1, 0.15) is 17.9 Å². The largest absolute Gasteiger partial charge is 0.481 e. The van der Waals surface area contributed by atoms with Crippen LogP contribution in [0.3, 0.4) is 0 Å². The Labute approximate surface area is 82.0 Å². The maximum Gasteiger partial charge on any atom is 0.311 e. The summed E-state index contributed by atoms with van der Waals surface area (Å²) >= 11 is 0. The first-order valence-corrected chi connectivity index (χ1v) is 4.66. The third-order valence-corrected chi connectivity index (χ3v) is 2.66. The van der Waals surface area contributed by atoms with E-state index in [-0.39, 0.29) is 5.92 Å². The molecule has 1 aromatic rings. The van der Waals surface area contributed by atoms with Crippen molar-refractivity contribution >= 4 is 5.97 Å². The van der Waals surface area contributed by atoms with Crippen LogP contribution in [0, 0.1) is 5.92 Å². The molecule has 0 aromatic heterocycles. The second-order valence-corrected chi connectivity index (χ2v) is 3.69. The van der Waals surface area contributed by atoms with E-state index in [1.165, 1.54) is 0 Å². The Bertz CT molecular complexity index is 334. The molecule has 2 rings (SSSR count). The number of carboxylic acid groups (broad SMARTS) is 1.